The van der Waals surface area contributed by atoms with E-state index in [0.29, 0.717) is 32.8 Å². The first-order chi connectivity index (χ1) is 8.04. The number of fused-ring (bicyclic) bond motifs is 1. The lowest BCUT2D eigenvalue weighted by atomic mass is 10.5. The first-order valence-corrected chi connectivity index (χ1v) is 11.5. The van der Waals surface area contributed by atoms with Gasteiger partial charge in [-0.25, -0.2) is 0 Å². The third-order valence-electron chi connectivity index (χ3n) is 2.07. The lowest BCUT2D eigenvalue weighted by Gasteiger charge is -2.28. The second-order valence-corrected chi connectivity index (χ2v) is 12.1. The van der Waals surface area contributed by atoms with Gasteiger partial charge in [0.2, 0.25) is 0 Å². The summed E-state index contributed by atoms with van der Waals surface area (Å²) in [4.78, 5) is 0. The molecule has 0 aromatic heterocycles. The normalized spacial score (nSPS) is 49.8. The highest BCUT2D eigenvalue weighted by Gasteiger charge is 2.41. The fraction of sp³-hybridized carbons (Fsp3) is 1.00. The minimum absolute atomic E-state index is 0.307. The van der Waals surface area contributed by atoms with Crippen LogP contribution in [0.1, 0.15) is 6.42 Å². The van der Waals surface area contributed by atoms with Crippen LogP contribution >= 0.6 is 43.7 Å². The summed E-state index contributed by atoms with van der Waals surface area (Å²) in [5, 5.41) is 0. The minimum atomic E-state index is -2.84. The quantitative estimate of drug-likeness (QED) is 0.594. The van der Waals surface area contributed by atoms with Gasteiger partial charge in [-0.3, -0.25) is 0 Å². The summed E-state index contributed by atoms with van der Waals surface area (Å²) in [6, 6.07) is 0. The molecule has 17 heavy (non-hydrogen) atoms. The highest BCUT2D eigenvalue weighted by atomic mass is 35.7. The maximum absolute atomic E-state index is 6.27. The van der Waals surface area contributed by atoms with E-state index in [1.807, 2.05) is 0 Å². The van der Waals surface area contributed by atoms with Crippen LogP contribution in [-0.2, 0) is 18.1 Å². The molecular formula is C5H10Cl2N3O4P3. The molecule has 3 atom stereocenters. The topological polar surface area (TPSA) is 74.0 Å². The molecule has 3 unspecified atom stereocenters. The summed E-state index contributed by atoms with van der Waals surface area (Å²) in [5.41, 5.74) is 0. The third kappa shape index (κ3) is 2.69. The number of hydrogen-bond donors (Lipinski definition) is 0. The second kappa shape index (κ2) is 4.59. The zero-order valence-electron chi connectivity index (χ0n) is 8.61. The Morgan fingerprint density at radius 1 is 0.706 bits per heavy atom. The smallest absolute Gasteiger partial charge is 0.316 e. The van der Waals surface area contributed by atoms with Gasteiger partial charge in [0.1, 0.15) is 0 Å². The molecule has 0 radical (unpaired) electrons. The molecule has 0 fully saturated rings. The number of rotatable bonds is 0. The molecular weight excluding hydrogens is 330 g/mol. The van der Waals surface area contributed by atoms with Crippen LogP contribution in [0.5, 0.6) is 0 Å². The summed E-state index contributed by atoms with van der Waals surface area (Å²) in [6.07, 6.45) is 0.703. The maximum Gasteiger partial charge on any atom is 0.347 e. The fourth-order valence-electron chi connectivity index (χ4n) is 1.45. The van der Waals surface area contributed by atoms with Crippen LogP contribution in [0.4, 0.5) is 0 Å². The van der Waals surface area contributed by atoms with Crippen LogP contribution in [0.2, 0.25) is 0 Å². The molecule has 0 amide bonds. The molecule has 3 aliphatic heterocycles. The van der Waals surface area contributed by atoms with Gasteiger partial charge in [0.05, 0.1) is 26.4 Å². The summed E-state index contributed by atoms with van der Waals surface area (Å²) in [6.45, 7) is -4.17. The Morgan fingerprint density at radius 2 is 1.29 bits per heavy atom. The van der Waals surface area contributed by atoms with Crippen molar-refractivity contribution in [2.75, 3.05) is 26.4 Å². The van der Waals surface area contributed by atoms with Gasteiger partial charge < -0.3 is 18.1 Å². The molecule has 0 saturated heterocycles. The van der Waals surface area contributed by atoms with Gasteiger partial charge in [0, 0.05) is 0 Å². The van der Waals surface area contributed by atoms with Crippen LogP contribution in [-0.4, -0.2) is 26.4 Å². The van der Waals surface area contributed by atoms with E-state index in [2.05, 4.69) is 13.5 Å². The lowest BCUT2D eigenvalue weighted by molar-refractivity contribution is 0.197. The zero-order valence-corrected chi connectivity index (χ0v) is 12.8. The van der Waals surface area contributed by atoms with Crippen LogP contribution in [0, 0.1) is 0 Å². The van der Waals surface area contributed by atoms with E-state index in [-0.39, 0.29) is 0 Å². The second-order valence-electron chi connectivity index (χ2n) is 3.39. The third-order valence-corrected chi connectivity index (χ3v) is 12.5. The molecule has 3 aliphatic rings. The molecule has 98 valence electrons. The van der Waals surface area contributed by atoms with Gasteiger partial charge >= 0.3 is 21.2 Å². The molecule has 0 aromatic rings. The molecule has 0 aliphatic carbocycles. The molecule has 3 bridgehead atoms. The lowest BCUT2D eigenvalue weighted by Crippen LogP contribution is -2.04. The first kappa shape index (κ1) is 13.1. The maximum atomic E-state index is 6.27. The Balaban J connectivity index is 2.22. The first-order valence-electron chi connectivity index (χ1n) is 4.92. The van der Waals surface area contributed by atoms with Crippen molar-refractivity contribution in [3.05, 3.63) is 0 Å². The van der Waals surface area contributed by atoms with E-state index in [1.54, 1.807) is 0 Å². The Bertz CT molecular complexity index is 509. The average molecular weight is 340 g/mol. The Morgan fingerprint density at radius 3 is 2.18 bits per heavy atom. The largest absolute Gasteiger partial charge is 0.347 e. The minimum Gasteiger partial charge on any atom is -0.316 e. The molecule has 1 spiro atoms. The van der Waals surface area contributed by atoms with E-state index in [1.165, 1.54) is 0 Å². The molecule has 3 rings (SSSR count). The van der Waals surface area contributed by atoms with Crippen molar-refractivity contribution in [3.8, 4) is 0 Å². The Kier molecular flexibility index (Phi) is 3.54. The molecule has 7 nitrogen and oxygen atoms in total. The van der Waals surface area contributed by atoms with E-state index in [9.17, 15) is 0 Å². The summed E-state index contributed by atoms with van der Waals surface area (Å²) in [7, 11) is -2.79. The predicted octanol–water partition coefficient (Wildman–Crippen LogP) is 4.80. The van der Waals surface area contributed by atoms with E-state index in [0.717, 1.165) is 0 Å². The van der Waals surface area contributed by atoms with Crippen molar-refractivity contribution in [2.45, 2.75) is 6.42 Å². The highest BCUT2D eigenvalue weighted by Crippen LogP contribution is 2.84. The highest BCUT2D eigenvalue weighted by molar-refractivity contribution is 8.00. The summed E-state index contributed by atoms with van der Waals surface area (Å²) in [5.74, 6) is 0. The van der Waals surface area contributed by atoms with E-state index >= 15 is 0 Å². The monoisotopic (exact) mass is 339 g/mol. The fourth-order valence-corrected chi connectivity index (χ4v) is 13.1. The van der Waals surface area contributed by atoms with Crippen molar-refractivity contribution < 1.29 is 18.1 Å². The molecule has 0 saturated carbocycles. The van der Waals surface area contributed by atoms with Crippen LogP contribution < -0.4 is 0 Å². The van der Waals surface area contributed by atoms with E-state index in [4.69, 9.17) is 40.6 Å². The summed E-state index contributed by atoms with van der Waals surface area (Å²) < 4.78 is 34.9. The SMILES string of the molecule is ClP12=NP3(Cl)=NP(=N1)(OCCCO2)OCCO3. The Hall–Kier alpha value is 1.11. The average Bonchev–Trinajstić information content (AvgIpc) is 2.32. The number of hydrogen-bond acceptors (Lipinski definition) is 7. The molecule has 12 heteroatoms. The molecule has 0 N–H and O–H groups in total. The standard InChI is InChI=1S/C5H10Cl2N3O4P3/c6-15-8-16(7)10-17(9-15,14-5-4-12-16)13-3-1-2-11-15/h1-5H2. The van der Waals surface area contributed by atoms with Crippen molar-refractivity contribution in [2.24, 2.45) is 13.5 Å². The van der Waals surface area contributed by atoms with Crippen LogP contribution in [0.3, 0.4) is 0 Å². The van der Waals surface area contributed by atoms with Gasteiger partial charge in [-0.05, 0) is 28.9 Å². The zero-order chi connectivity index (χ0) is 12.0. The number of halogens is 2. The molecule has 3 heterocycles. The van der Waals surface area contributed by atoms with Gasteiger partial charge in [0.15, 0.2) is 0 Å². The summed E-state index contributed by atoms with van der Waals surface area (Å²) >= 11 is 12.5. The van der Waals surface area contributed by atoms with Gasteiger partial charge in [-0.2, -0.15) is 13.5 Å². The van der Waals surface area contributed by atoms with Crippen LogP contribution in [0.15, 0.2) is 13.5 Å². The van der Waals surface area contributed by atoms with Gasteiger partial charge in [-0.1, -0.05) is 0 Å². The van der Waals surface area contributed by atoms with Crippen molar-refractivity contribution in [1.82, 2.24) is 0 Å². The van der Waals surface area contributed by atoms with Crippen molar-refractivity contribution in [1.29, 1.82) is 0 Å². The molecule has 0 aromatic carbocycles. The number of nitrogens with zero attached hydrogens (tertiary/aromatic N) is 3. The van der Waals surface area contributed by atoms with E-state index < -0.39 is 21.2 Å². The Labute approximate surface area is 108 Å². The van der Waals surface area contributed by atoms with Gasteiger partial charge in [0.25, 0.3) is 0 Å². The van der Waals surface area contributed by atoms with Crippen molar-refractivity contribution >= 4 is 43.7 Å². The van der Waals surface area contributed by atoms with Crippen LogP contribution in [0.25, 0.3) is 0 Å². The van der Waals surface area contributed by atoms with Gasteiger partial charge in [-0.15, -0.1) is 0 Å². The van der Waals surface area contributed by atoms with Crippen molar-refractivity contribution in [3.63, 3.8) is 0 Å². The predicted molar refractivity (Wildman–Crippen MR) is 68.2 cm³/mol.